The van der Waals surface area contributed by atoms with Crippen molar-refractivity contribution < 1.29 is 9.47 Å². The Hall–Kier alpha value is -1.06. The van der Waals surface area contributed by atoms with Crippen LogP contribution in [0.4, 0.5) is 0 Å². The van der Waals surface area contributed by atoms with Gasteiger partial charge >= 0.3 is 0 Å². The third kappa shape index (κ3) is 4.72. The van der Waals surface area contributed by atoms with Gasteiger partial charge in [0.25, 0.3) is 0 Å². The molecule has 0 saturated heterocycles. The summed E-state index contributed by atoms with van der Waals surface area (Å²) in [5.41, 5.74) is 1.20. The molecule has 1 N–H and O–H groups in total. The second-order valence-electron chi connectivity index (χ2n) is 6.02. The van der Waals surface area contributed by atoms with Crippen molar-refractivity contribution in [3.8, 4) is 5.75 Å². The zero-order chi connectivity index (χ0) is 15.1. The molecule has 1 fully saturated rings. The van der Waals surface area contributed by atoms with Crippen LogP contribution in [0, 0.1) is 5.92 Å². The molecule has 3 unspecified atom stereocenters. The van der Waals surface area contributed by atoms with Gasteiger partial charge in [-0.3, -0.25) is 0 Å². The van der Waals surface area contributed by atoms with Crippen molar-refractivity contribution in [1.82, 2.24) is 5.32 Å². The number of hydrogen-bond donors (Lipinski definition) is 1. The average molecular weight is 291 g/mol. The van der Waals surface area contributed by atoms with Crippen molar-refractivity contribution in [2.24, 2.45) is 5.92 Å². The van der Waals surface area contributed by atoms with Gasteiger partial charge in [0.15, 0.2) is 0 Å². The first-order chi connectivity index (χ1) is 10.3. The third-order valence-electron chi connectivity index (χ3n) is 4.52. The lowest BCUT2D eigenvalue weighted by atomic mass is 9.85. The van der Waals surface area contributed by atoms with Crippen LogP contribution in [-0.2, 0) is 4.74 Å². The lowest BCUT2D eigenvalue weighted by molar-refractivity contribution is -0.0409. The van der Waals surface area contributed by atoms with E-state index in [-0.39, 0.29) is 6.10 Å². The minimum Gasteiger partial charge on any atom is -0.497 e. The first kappa shape index (κ1) is 16.3. The van der Waals surface area contributed by atoms with E-state index in [9.17, 15) is 0 Å². The number of methoxy groups -OCH3 is 1. The zero-order valence-electron chi connectivity index (χ0n) is 13.6. The molecule has 3 heteroatoms. The zero-order valence-corrected chi connectivity index (χ0v) is 13.6. The molecule has 0 heterocycles. The van der Waals surface area contributed by atoms with Gasteiger partial charge in [-0.2, -0.15) is 0 Å². The summed E-state index contributed by atoms with van der Waals surface area (Å²) in [5, 5.41) is 3.25. The van der Waals surface area contributed by atoms with Gasteiger partial charge in [-0.05, 0) is 43.5 Å². The highest BCUT2D eigenvalue weighted by Gasteiger charge is 2.24. The van der Waals surface area contributed by atoms with Crippen molar-refractivity contribution in [3.63, 3.8) is 0 Å². The van der Waals surface area contributed by atoms with Gasteiger partial charge in [0, 0.05) is 6.54 Å². The van der Waals surface area contributed by atoms with Crippen LogP contribution in [0.5, 0.6) is 5.75 Å². The summed E-state index contributed by atoms with van der Waals surface area (Å²) in [4.78, 5) is 0. The molecule has 118 valence electrons. The van der Waals surface area contributed by atoms with Crippen LogP contribution in [0.25, 0.3) is 0 Å². The fourth-order valence-electron chi connectivity index (χ4n) is 3.24. The molecule has 3 nitrogen and oxygen atoms in total. The van der Waals surface area contributed by atoms with Gasteiger partial charge in [-0.25, -0.2) is 0 Å². The molecule has 0 aromatic heterocycles. The lowest BCUT2D eigenvalue weighted by Crippen LogP contribution is -2.28. The van der Waals surface area contributed by atoms with Gasteiger partial charge in [0.2, 0.25) is 0 Å². The van der Waals surface area contributed by atoms with Gasteiger partial charge in [-0.15, -0.1) is 0 Å². The Kier molecular flexibility index (Phi) is 6.52. The molecule has 0 aliphatic heterocycles. The Labute approximate surface area is 129 Å². The molecule has 21 heavy (non-hydrogen) atoms. The monoisotopic (exact) mass is 291 g/mol. The molecule has 0 radical (unpaired) electrons. The Morgan fingerprint density at radius 2 is 2.19 bits per heavy atom. The summed E-state index contributed by atoms with van der Waals surface area (Å²) in [6, 6.07) is 8.23. The highest BCUT2D eigenvalue weighted by atomic mass is 16.5. The van der Waals surface area contributed by atoms with E-state index in [1.807, 2.05) is 19.2 Å². The predicted molar refractivity (Wildman–Crippen MR) is 86.8 cm³/mol. The topological polar surface area (TPSA) is 30.5 Å². The quantitative estimate of drug-likeness (QED) is 0.825. The van der Waals surface area contributed by atoms with E-state index < -0.39 is 0 Å². The number of hydrogen-bond acceptors (Lipinski definition) is 3. The van der Waals surface area contributed by atoms with E-state index in [1.165, 1.54) is 37.7 Å². The molecule has 0 amide bonds. The molecule has 1 saturated carbocycles. The highest BCUT2D eigenvalue weighted by Crippen LogP contribution is 2.32. The van der Waals surface area contributed by atoms with Crippen molar-refractivity contribution in [2.75, 3.05) is 20.7 Å². The van der Waals surface area contributed by atoms with E-state index in [1.54, 1.807) is 7.11 Å². The second kappa shape index (κ2) is 8.40. The van der Waals surface area contributed by atoms with Crippen molar-refractivity contribution >= 4 is 0 Å². The van der Waals surface area contributed by atoms with E-state index in [0.29, 0.717) is 6.10 Å². The summed E-state index contributed by atoms with van der Waals surface area (Å²) >= 11 is 0. The number of likely N-dealkylation sites (N-methyl/N-ethyl adjacent to an activating group) is 1. The molecule has 3 atom stereocenters. The highest BCUT2D eigenvalue weighted by molar-refractivity contribution is 5.30. The summed E-state index contributed by atoms with van der Waals surface area (Å²) in [6.07, 6.45) is 6.84. The van der Waals surface area contributed by atoms with Gasteiger partial charge in [0.05, 0.1) is 19.3 Å². The molecular formula is C18H29NO2. The standard InChI is InChI=1S/C18H29NO2/c1-4-14-7-5-10-17(11-14)21-18(13-19-2)15-8-6-9-16(12-15)20-3/h6,8-9,12,14,17-19H,4-5,7,10-11,13H2,1-3H3. The lowest BCUT2D eigenvalue weighted by Gasteiger charge is -2.32. The number of ether oxygens (including phenoxy) is 2. The third-order valence-corrected chi connectivity index (χ3v) is 4.52. The maximum Gasteiger partial charge on any atom is 0.119 e. The van der Waals surface area contributed by atoms with Crippen molar-refractivity contribution in [3.05, 3.63) is 29.8 Å². The Morgan fingerprint density at radius 3 is 2.90 bits per heavy atom. The fraction of sp³-hybridized carbons (Fsp3) is 0.667. The SMILES string of the molecule is CCC1CCCC(OC(CNC)c2cccc(OC)c2)C1. The van der Waals surface area contributed by atoms with Crippen LogP contribution in [0.15, 0.2) is 24.3 Å². The van der Waals surface area contributed by atoms with Crippen LogP contribution >= 0.6 is 0 Å². The minimum absolute atomic E-state index is 0.103. The maximum absolute atomic E-state index is 6.43. The molecule has 0 bridgehead atoms. The largest absolute Gasteiger partial charge is 0.497 e. The predicted octanol–water partition coefficient (Wildman–Crippen LogP) is 3.94. The van der Waals surface area contributed by atoms with E-state index in [0.717, 1.165) is 18.2 Å². The maximum atomic E-state index is 6.43. The smallest absolute Gasteiger partial charge is 0.119 e. The van der Waals surface area contributed by atoms with Gasteiger partial charge in [0.1, 0.15) is 5.75 Å². The summed E-state index contributed by atoms with van der Waals surface area (Å²) in [7, 11) is 3.69. The van der Waals surface area contributed by atoms with Gasteiger partial charge in [-0.1, -0.05) is 38.3 Å². The normalized spacial score (nSPS) is 23.8. The molecule has 2 rings (SSSR count). The molecule has 1 aromatic rings. The van der Waals surface area contributed by atoms with Gasteiger partial charge < -0.3 is 14.8 Å². The second-order valence-corrected chi connectivity index (χ2v) is 6.02. The van der Waals surface area contributed by atoms with Crippen LogP contribution in [0.1, 0.15) is 50.7 Å². The van der Waals surface area contributed by atoms with E-state index in [4.69, 9.17) is 9.47 Å². The fourth-order valence-corrected chi connectivity index (χ4v) is 3.24. The summed E-state index contributed by atoms with van der Waals surface area (Å²) in [6.45, 7) is 3.13. The first-order valence-electron chi connectivity index (χ1n) is 8.20. The first-order valence-corrected chi connectivity index (χ1v) is 8.20. The van der Waals surface area contributed by atoms with Crippen LogP contribution in [0.2, 0.25) is 0 Å². The Balaban J connectivity index is 2.04. The molecule has 1 aliphatic carbocycles. The Morgan fingerprint density at radius 1 is 1.33 bits per heavy atom. The van der Waals surface area contributed by atoms with E-state index >= 15 is 0 Å². The number of benzene rings is 1. The Bertz CT molecular complexity index is 421. The number of rotatable bonds is 7. The van der Waals surface area contributed by atoms with E-state index in [2.05, 4.69) is 24.4 Å². The molecular weight excluding hydrogens is 262 g/mol. The van der Waals surface area contributed by atoms with Crippen LogP contribution in [-0.4, -0.2) is 26.8 Å². The summed E-state index contributed by atoms with van der Waals surface area (Å²) in [5.74, 6) is 1.73. The number of nitrogens with one attached hydrogen (secondary N) is 1. The molecule has 1 aliphatic rings. The van der Waals surface area contributed by atoms with Crippen molar-refractivity contribution in [1.29, 1.82) is 0 Å². The van der Waals surface area contributed by atoms with Crippen LogP contribution < -0.4 is 10.1 Å². The molecule has 0 spiro atoms. The van der Waals surface area contributed by atoms with Crippen molar-refractivity contribution in [2.45, 2.75) is 51.2 Å². The minimum atomic E-state index is 0.103. The summed E-state index contributed by atoms with van der Waals surface area (Å²) < 4.78 is 11.8. The average Bonchev–Trinajstić information content (AvgIpc) is 2.54. The molecule has 1 aromatic carbocycles. The van der Waals surface area contributed by atoms with Crippen LogP contribution in [0.3, 0.4) is 0 Å².